The first-order valence-corrected chi connectivity index (χ1v) is 8.02. The molecule has 0 saturated heterocycles. The van der Waals surface area contributed by atoms with E-state index in [2.05, 4.69) is 20.9 Å². The molecule has 2 aromatic rings. The molecule has 0 bridgehead atoms. The van der Waals surface area contributed by atoms with E-state index in [4.69, 9.17) is 23.8 Å². The van der Waals surface area contributed by atoms with Crippen molar-refractivity contribution in [3.63, 3.8) is 0 Å². The molecule has 0 aliphatic carbocycles. The quantitative estimate of drug-likeness (QED) is 0.476. The molecular formula is C15H15ClF3N5S. The molecule has 1 heterocycles. The Balaban J connectivity index is 2.31. The summed E-state index contributed by atoms with van der Waals surface area (Å²) in [7, 11) is 0. The van der Waals surface area contributed by atoms with Gasteiger partial charge in [0.15, 0.2) is 5.11 Å². The number of nitrogens with one attached hydrogen (secondary N) is 2. The SMILES string of the molecule is CCNC(=S)NN=Cc1c(C)nn(-c2cccc(C(F)(F)F)c2)c1Cl. The summed E-state index contributed by atoms with van der Waals surface area (Å²) in [6.07, 6.45) is -3.03. The van der Waals surface area contributed by atoms with Crippen LogP contribution < -0.4 is 10.7 Å². The second-order valence-corrected chi connectivity index (χ2v) is 5.75. The average molecular weight is 390 g/mol. The smallest absolute Gasteiger partial charge is 0.362 e. The Morgan fingerprint density at radius 3 is 2.80 bits per heavy atom. The summed E-state index contributed by atoms with van der Waals surface area (Å²) in [5.41, 5.74) is 3.03. The monoisotopic (exact) mass is 389 g/mol. The summed E-state index contributed by atoms with van der Waals surface area (Å²) in [5.74, 6) is 0. The predicted octanol–water partition coefficient (Wildman–Crippen LogP) is 3.67. The summed E-state index contributed by atoms with van der Waals surface area (Å²) in [6, 6.07) is 4.77. The van der Waals surface area contributed by atoms with E-state index in [1.807, 2.05) is 6.92 Å². The zero-order valence-electron chi connectivity index (χ0n) is 13.4. The molecule has 10 heteroatoms. The molecule has 0 aliphatic rings. The number of hydrazone groups is 1. The fourth-order valence-corrected chi connectivity index (χ4v) is 2.52. The van der Waals surface area contributed by atoms with E-state index in [9.17, 15) is 13.2 Å². The highest BCUT2D eigenvalue weighted by Gasteiger charge is 2.30. The molecule has 25 heavy (non-hydrogen) atoms. The van der Waals surface area contributed by atoms with E-state index in [0.29, 0.717) is 22.9 Å². The Morgan fingerprint density at radius 2 is 2.16 bits per heavy atom. The van der Waals surface area contributed by atoms with Gasteiger partial charge in [-0.15, -0.1) is 0 Å². The first-order chi connectivity index (χ1) is 11.7. The van der Waals surface area contributed by atoms with E-state index in [1.54, 1.807) is 6.92 Å². The van der Waals surface area contributed by atoms with Crippen LogP contribution in [0.25, 0.3) is 5.69 Å². The zero-order chi connectivity index (χ0) is 18.6. The molecule has 5 nitrogen and oxygen atoms in total. The second kappa shape index (κ2) is 7.83. The molecule has 2 N–H and O–H groups in total. The van der Waals surface area contributed by atoms with E-state index >= 15 is 0 Å². The van der Waals surface area contributed by atoms with Crippen molar-refractivity contribution in [2.75, 3.05) is 6.54 Å². The van der Waals surface area contributed by atoms with Crippen molar-refractivity contribution in [1.29, 1.82) is 0 Å². The minimum atomic E-state index is -4.44. The summed E-state index contributed by atoms with van der Waals surface area (Å²) in [6.45, 7) is 4.21. The number of halogens is 4. The second-order valence-electron chi connectivity index (χ2n) is 4.98. The summed E-state index contributed by atoms with van der Waals surface area (Å²) in [5, 5.41) is 11.5. The van der Waals surface area contributed by atoms with E-state index in [1.165, 1.54) is 23.0 Å². The van der Waals surface area contributed by atoms with Gasteiger partial charge in [-0.2, -0.15) is 23.4 Å². The lowest BCUT2D eigenvalue weighted by Gasteiger charge is -2.09. The molecule has 1 aromatic carbocycles. The predicted molar refractivity (Wildman–Crippen MR) is 95.3 cm³/mol. The maximum atomic E-state index is 12.9. The van der Waals surface area contributed by atoms with Crippen LogP contribution in [0.4, 0.5) is 13.2 Å². The molecule has 0 spiro atoms. The van der Waals surface area contributed by atoms with E-state index in [-0.39, 0.29) is 10.8 Å². The topological polar surface area (TPSA) is 54.2 Å². The number of benzene rings is 1. The maximum Gasteiger partial charge on any atom is 0.416 e. The number of rotatable bonds is 4. The van der Waals surface area contributed by atoms with Gasteiger partial charge >= 0.3 is 6.18 Å². The third-order valence-electron chi connectivity index (χ3n) is 3.16. The molecule has 0 amide bonds. The molecule has 0 atom stereocenters. The van der Waals surface area contributed by atoms with Crippen LogP contribution in [0, 0.1) is 6.92 Å². The summed E-state index contributed by atoms with van der Waals surface area (Å²) in [4.78, 5) is 0. The van der Waals surface area contributed by atoms with Gasteiger partial charge in [-0.3, -0.25) is 5.43 Å². The Labute approximate surface area is 152 Å². The Hall–Kier alpha value is -2.13. The number of alkyl halides is 3. The normalized spacial score (nSPS) is 11.8. The molecule has 134 valence electrons. The molecule has 2 rings (SSSR count). The molecular weight excluding hydrogens is 375 g/mol. The van der Waals surface area contributed by atoms with Crippen molar-refractivity contribution >= 4 is 35.1 Å². The number of aromatic nitrogens is 2. The Bertz CT molecular complexity index is 801. The third-order valence-corrected chi connectivity index (χ3v) is 3.76. The first kappa shape index (κ1) is 19.2. The lowest BCUT2D eigenvalue weighted by atomic mass is 10.2. The van der Waals surface area contributed by atoms with Crippen LogP contribution in [0.2, 0.25) is 5.15 Å². The molecule has 0 radical (unpaired) electrons. The standard InChI is InChI=1S/C15H15ClF3N5S/c1-3-20-14(25)22-21-8-12-9(2)23-24(13(12)16)11-6-4-5-10(7-11)15(17,18)19/h4-8H,3H2,1-2H3,(H2,20,22,25). The molecule has 0 saturated carbocycles. The van der Waals surface area contributed by atoms with Crippen molar-refractivity contribution in [1.82, 2.24) is 20.5 Å². The molecule has 1 aromatic heterocycles. The van der Waals surface area contributed by atoms with Crippen LogP contribution >= 0.6 is 23.8 Å². The summed E-state index contributed by atoms with van der Waals surface area (Å²) >= 11 is 11.2. The number of hydrogen-bond donors (Lipinski definition) is 2. The van der Waals surface area contributed by atoms with Crippen LogP contribution in [0.5, 0.6) is 0 Å². The van der Waals surface area contributed by atoms with Crippen LogP contribution in [-0.2, 0) is 6.18 Å². The van der Waals surface area contributed by atoms with E-state index < -0.39 is 11.7 Å². The first-order valence-electron chi connectivity index (χ1n) is 7.23. The number of hydrogen-bond acceptors (Lipinski definition) is 3. The van der Waals surface area contributed by atoms with Gasteiger partial charge in [-0.25, -0.2) is 4.68 Å². The van der Waals surface area contributed by atoms with Gasteiger partial charge in [0, 0.05) is 6.54 Å². The third kappa shape index (κ3) is 4.70. The van der Waals surface area contributed by atoms with Crippen molar-refractivity contribution in [2.45, 2.75) is 20.0 Å². The van der Waals surface area contributed by atoms with Crippen molar-refractivity contribution in [3.8, 4) is 5.69 Å². The fraction of sp³-hybridized carbons (Fsp3) is 0.267. The van der Waals surface area contributed by atoms with Gasteiger partial charge in [0.25, 0.3) is 0 Å². The van der Waals surface area contributed by atoms with Crippen LogP contribution in [-0.4, -0.2) is 27.7 Å². The highest BCUT2D eigenvalue weighted by molar-refractivity contribution is 7.80. The Kier molecular flexibility index (Phi) is 6.02. The Morgan fingerprint density at radius 1 is 1.44 bits per heavy atom. The van der Waals surface area contributed by atoms with Gasteiger partial charge < -0.3 is 5.32 Å². The van der Waals surface area contributed by atoms with Crippen LogP contribution in [0.3, 0.4) is 0 Å². The maximum absolute atomic E-state index is 12.9. The lowest BCUT2D eigenvalue weighted by molar-refractivity contribution is -0.137. The van der Waals surface area contributed by atoms with Gasteiger partial charge in [-0.05, 0) is 44.3 Å². The van der Waals surface area contributed by atoms with Gasteiger partial charge in [0.1, 0.15) is 5.15 Å². The zero-order valence-corrected chi connectivity index (χ0v) is 14.9. The minimum Gasteiger partial charge on any atom is -0.362 e. The lowest BCUT2D eigenvalue weighted by Crippen LogP contribution is -2.31. The fourth-order valence-electron chi connectivity index (χ4n) is 2.00. The summed E-state index contributed by atoms with van der Waals surface area (Å²) < 4.78 is 39.8. The average Bonchev–Trinajstić information content (AvgIpc) is 2.82. The van der Waals surface area contributed by atoms with Gasteiger partial charge in [0.2, 0.25) is 0 Å². The van der Waals surface area contributed by atoms with Crippen molar-refractivity contribution in [2.24, 2.45) is 5.10 Å². The molecule has 0 fully saturated rings. The van der Waals surface area contributed by atoms with Crippen LogP contribution in [0.15, 0.2) is 29.4 Å². The highest BCUT2D eigenvalue weighted by Crippen LogP contribution is 2.31. The van der Waals surface area contributed by atoms with Crippen molar-refractivity contribution < 1.29 is 13.2 Å². The van der Waals surface area contributed by atoms with Crippen molar-refractivity contribution in [3.05, 3.63) is 46.2 Å². The number of aryl methyl sites for hydroxylation is 1. The minimum absolute atomic E-state index is 0.150. The highest BCUT2D eigenvalue weighted by atomic mass is 35.5. The van der Waals surface area contributed by atoms with E-state index in [0.717, 1.165) is 12.1 Å². The molecule has 0 aliphatic heterocycles. The van der Waals surface area contributed by atoms with Crippen LogP contribution in [0.1, 0.15) is 23.7 Å². The van der Waals surface area contributed by atoms with Gasteiger partial charge in [0.05, 0.1) is 28.7 Å². The van der Waals surface area contributed by atoms with Gasteiger partial charge in [-0.1, -0.05) is 17.7 Å². The molecule has 0 unspecified atom stereocenters. The number of thiocarbonyl (C=S) groups is 1. The number of nitrogens with zero attached hydrogens (tertiary/aromatic N) is 3. The largest absolute Gasteiger partial charge is 0.416 e.